The number of hydrogen-bond acceptors (Lipinski definition) is 4. The molecule has 7 nitrogen and oxygen atoms in total. The number of halogens is 2. The summed E-state index contributed by atoms with van der Waals surface area (Å²) in [4.78, 5) is 23.2. The maximum absolute atomic E-state index is 12.7. The Balaban J connectivity index is 0.00000288. The van der Waals surface area contributed by atoms with E-state index < -0.39 is 12.1 Å². The van der Waals surface area contributed by atoms with Crippen molar-refractivity contribution in [3.63, 3.8) is 0 Å². The Bertz CT molecular complexity index is 544. The van der Waals surface area contributed by atoms with Crippen molar-refractivity contribution in [2.75, 3.05) is 26.2 Å². The van der Waals surface area contributed by atoms with E-state index in [1.807, 2.05) is 0 Å². The Kier molecular flexibility index (Phi) is 8.45. The first-order valence-electron chi connectivity index (χ1n) is 7.46. The highest BCUT2D eigenvalue weighted by molar-refractivity contribution is 5.85. The molecule has 5 N–H and O–H groups in total. The molecular formula is C15H22ClFN4O3. The van der Waals surface area contributed by atoms with Crippen LogP contribution in [0.2, 0.25) is 0 Å². The molecule has 0 aliphatic carbocycles. The highest BCUT2D eigenvalue weighted by Crippen LogP contribution is 2.06. The Morgan fingerprint density at radius 2 is 1.88 bits per heavy atom. The first-order valence-corrected chi connectivity index (χ1v) is 7.46. The Morgan fingerprint density at radius 3 is 2.50 bits per heavy atom. The van der Waals surface area contributed by atoms with E-state index in [0.717, 1.165) is 5.56 Å². The van der Waals surface area contributed by atoms with Crippen LogP contribution in [-0.4, -0.2) is 49.3 Å². The van der Waals surface area contributed by atoms with Crippen molar-refractivity contribution in [1.82, 2.24) is 21.3 Å². The lowest BCUT2D eigenvalue weighted by Crippen LogP contribution is -2.43. The molecule has 0 bridgehead atoms. The number of carbonyl (C=O) groups excluding carboxylic acids is 2. The number of aliphatic hydroxyl groups is 1. The lowest BCUT2D eigenvalue weighted by molar-refractivity contribution is -0.120. The molecule has 1 aliphatic heterocycles. The predicted molar refractivity (Wildman–Crippen MR) is 89.3 cm³/mol. The minimum Gasteiger partial charge on any atom is -0.391 e. The SMILES string of the molecule is Cl.O=C(CNC(=O)NCc1ccc(F)cc1)NCC1CNCC1O. The van der Waals surface area contributed by atoms with Crippen LogP contribution < -0.4 is 21.3 Å². The number of aliphatic hydroxyl groups excluding tert-OH is 1. The van der Waals surface area contributed by atoms with Crippen LogP contribution in [0.25, 0.3) is 0 Å². The minimum atomic E-state index is -0.480. The summed E-state index contributed by atoms with van der Waals surface area (Å²) >= 11 is 0. The second-order valence-electron chi connectivity index (χ2n) is 5.45. The number of benzene rings is 1. The second-order valence-corrected chi connectivity index (χ2v) is 5.45. The van der Waals surface area contributed by atoms with E-state index in [2.05, 4.69) is 21.3 Å². The summed E-state index contributed by atoms with van der Waals surface area (Å²) in [6, 6.07) is 5.29. The standard InChI is InChI=1S/C15H21FN4O3.ClH/c16-12-3-1-10(2-4-12)5-19-15(23)20-9-14(22)18-7-11-6-17-8-13(11)21;/h1-4,11,13,17,21H,5-9H2,(H,18,22)(H2,19,20,23);1H. The Morgan fingerprint density at radius 1 is 1.17 bits per heavy atom. The van der Waals surface area contributed by atoms with Crippen LogP contribution >= 0.6 is 12.4 Å². The fraction of sp³-hybridized carbons (Fsp3) is 0.467. The fourth-order valence-corrected chi connectivity index (χ4v) is 2.24. The first-order chi connectivity index (χ1) is 11.0. The second kappa shape index (κ2) is 10.1. The van der Waals surface area contributed by atoms with Gasteiger partial charge in [-0.05, 0) is 17.7 Å². The van der Waals surface area contributed by atoms with Crippen LogP contribution in [-0.2, 0) is 11.3 Å². The van der Waals surface area contributed by atoms with E-state index in [-0.39, 0.29) is 43.1 Å². The molecular weight excluding hydrogens is 339 g/mol. The molecule has 3 amide bonds. The lowest BCUT2D eigenvalue weighted by atomic mass is 10.1. The molecule has 9 heteroatoms. The van der Waals surface area contributed by atoms with Crippen molar-refractivity contribution in [1.29, 1.82) is 0 Å². The zero-order valence-corrected chi connectivity index (χ0v) is 13.9. The summed E-state index contributed by atoms with van der Waals surface area (Å²) < 4.78 is 12.7. The molecule has 1 fully saturated rings. The van der Waals surface area contributed by atoms with Crippen LogP contribution in [0.15, 0.2) is 24.3 Å². The third-order valence-electron chi connectivity index (χ3n) is 3.64. The summed E-state index contributed by atoms with van der Waals surface area (Å²) in [7, 11) is 0. The molecule has 0 saturated carbocycles. The van der Waals surface area contributed by atoms with Crippen LogP contribution in [0.1, 0.15) is 5.56 Å². The van der Waals surface area contributed by atoms with Crippen molar-refractivity contribution >= 4 is 24.3 Å². The molecule has 1 aromatic carbocycles. The predicted octanol–water partition coefficient (Wildman–Crippen LogP) is -0.257. The van der Waals surface area contributed by atoms with Crippen LogP contribution in [0.3, 0.4) is 0 Å². The van der Waals surface area contributed by atoms with Crippen molar-refractivity contribution in [3.8, 4) is 0 Å². The summed E-state index contributed by atoms with van der Waals surface area (Å²) in [6.45, 7) is 1.66. The smallest absolute Gasteiger partial charge is 0.315 e. The molecule has 0 aromatic heterocycles. The Labute approximate surface area is 145 Å². The zero-order chi connectivity index (χ0) is 16.7. The number of carbonyl (C=O) groups is 2. The molecule has 2 rings (SSSR count). The monoisotopic (exact) mass is 360 g/mol. The quantitative estimate of drug-likeness (QED) is 0.482. The average molecular weight is 361 g/mol. The van der Waals surface area contributed by atoms with Gasteiger partial charge in [0.05, 0.1) is 12.6 Å². The molecule has 1 saturated heterocycles. The van der Waals surface area contributed by atoms with Gasteiger partial charge < -0.3 is 26.4 Å². The van der Waals surface area contributed by atoms with Crippen LogP contribution in [0.5, 0.6) is 0 Å². The number of rotatable bonds is 6. The van der Waals surface area contributed by atoms with Crippen molar-refractivity contribution in [3.05, 3.63) is 35.6 Å². The van der Waals surface area contributed by atoms with Gasteiger partial charge >= 0.3 is 6.03 Å². The summed E-state index contributed by atoms with van der Waals surface area (Å²) in [5, 5.41) is 20.3. The number of β-amino-alcohol motifs (C(OH)–C–C–N with tert-alkyl or cyclic N) is 1. The van der Waals surface area contributed by atoms with Gasteiger partial charge in [-0.1, -0.05) is 12.1 Å². The highest BCUT2D eigenvalue weighted by atomic mass is 35.5. The summed E-state index contributed by atoms with van der Waals surface area (Å²) in [6.07, 6.45) is -0.456. The average Bonchev–Trinajstić information content (AvgIpc) is 2.95. The number of nitrogens with one attached hydrogen (secondary N) is 4. The van der Waals surface area contributed by atoms with Gasteiger partial charge in [-0.3, -0.25) is 4.79 Å². The van der Waals surface area contributed by atoms with Gasteiger partial charge in [0.15, 0.2) is 0 Å². The molecule has 24 heavy (non-hydrogen) atoms. The van der Waals surface area contributed by atoms with E-state index in [4.69, 9.17) is 0 Å². The maximum Gasteiger partial charge on any atom is 0.315 e. The van der Waals surface area contributed by atoms with Gasteiger partial charge in [-0.2, -0.15) is 0 Å². The number of urea groups is 1. The largest absolute Gasteiger partial charge is 0.391 e. The molecule has 1 aliphatic rings. The molecule has 2 unspecified atom stereocenters. The molecule has 2 atom stereocenters. The van der Waals surface area contributed by atoms with Gasteiger partial charge in [-0.25, -0.2) is 9.18 Å². The normalized spacial score (nSPS) is 19.2. The van der Waals surface area contributed by atoms with Crippen LogP contribution in [0.4, 0.5) is 9.18 Å². The van der Waals surface area contributed by atoms with Crippen molar-refractivity contribution < 1.29 is 19.1 Å². The summed E-state index contributed by atoms with van der Waals surface area (Å²) in [5.41, 5.74) is 0.758. The molecule has 1 heterocycles. The lowest BCUT2D eigenvalue weighted by Gasteiger charge is -2.14. The van der Waals surface area contributed by atoms with Crippen molar-refractivity contribution in [2.24, 2.45) is 5.92 Å². The van der Waals surface area contributed by atoms with Gasteiger partial charge in [-0.15, -0.1) is 12.4 Å². The molecule has 0 spiro atoms. The van der Waals surface area contributed by atoms with Gasteiger partial charge in [0, 0.05) is 32.1 Å². The van der Waals surface area contributed by atoms with Gasteiger partial charge in [0.2, 0.25) is 5.91 Å². The zero-order valence-electron chi connectivity index (χ0n) is 13.0. The van der Waals surface area contributed by atoms with Gasteiger partial charge in [0.1, 0.15) is 5.82 Å². The van der Waals surface area contributed by atoms with E-state index in [1.54, 1.807) is 12.1 Å². The maximum atomic E-state index is 12.7. The van der Waals surface area contributed by atoms with Crippen LogP contribution in [0, 0.1) is 11.7 Å². The summed E-state index contributed by atoms with van der Waals surface area (Å²) in [5.74, 6) is -0.662. The fourth-order valence-electron chi connectivity index (χ4n) is 2.24. The van der Waals surface area contributed by atoms with E-state index in [1.165, 1.54) is 12.1 Å². The molecule has 0 radical (unpaired) electrons. The molecule has 134 valence electrons. The van der Waals surface area contributed by atoms with E-state index >= 15 is 0 Å². The van der Waals surface area contributed by atoms with E-state index in [0.29, 0.717) is 19.6 Å². The highest BCUT2D eigenvalue weighted by Gasteiger charge is 2.24. The van der Waals surface area contributed by atoms with E-state index in [9.17, 15) is 19.1 Å². The Hall–Kier alpha value is -1.90. The third-order valence-corrected chi connectivity index (χ3v) is 3.64. The van der Waals surface area contributed by atoms with Crippen molar-refractivity contribution in [2.45, 2.75) is 12.6 Å². The molecule has 1 aromatic rings. The number of hydrogen-bond donors (Lipinski definition) is 5. The number of amides is 3. The van der Waals surface area contributed by atoms with Gasteiger partial charge in [0.25, 0.3) is 0 Å². The minimum absolute atomic E-state index is 0. The first kappa shape index (κ1) is 20.1. The topological polar surface area (TPSA) is 102 Å². The third kappa shape index (κ3) is 6.69.